The van der Waals surface area contributed by atoms with Crippen molar-refractivity contribution in [1.29, 1.82) is 0 Å². The molecular formula is C39H80. The minimum Gasteiger partial charge on any atom is -0.100 e. The number of fused-ring (bicyclic) bond motifs is 1. The fourth-order valence-electron chi connectivity index (χ4n) is 7.27. The highest BCUT2D eigenvalue weighted by Gasteiger charge is 2.35. The Morgan fingerprint density at radius 1 is 0.795 bits per heavy atom. The van der Waals surface area contributed by atoms with Crippen LogP contribution in [0.1, 0.15) is 187 Å². The standard InChI is InChI=1S/C19H36.C9H16.C7H16.2C2H6/c1-14(2)8-9-15(3)16(4)17-10-12-18(13-11-17)19(5,6)7;1-7-5-8-3-2-4-9(8)6-7;1-4-6-7(3)5-2;2*1-2/h15-18H,1,8-13H2,2-7H3;7-9H,2-6H2,1H3;7H,4-6H2,1-3H3;2*1-2H3. The molecule has 0 spiro atoms. The van der Waals surface area contributed by atoms with Gasteiger partial charge in [0.1, 0.15) is 0 Å². The Morgan fingerprint density at radius 2 is 1.28 bits per heavy atom. The molecular weight excluding hydrogens is 468 g/mol. The predicted octanol–water partition coefficient (Wildman–Crippen LogP) is 14.2. The molecule has 0 radical (unpaired) electrons. The number of rotatable bonds is 8. The molecule has 0 nitrogen and oxygen atoms in total. The van der Waals surface area contributed by atoms with Crippen LogP contribution in [0.4, 0.5) is 0 Å². The normalized spacial score (nSPS) is 27.9. The molecule has 0 aliphatic heterocycles. The third-order valence-corrected chi connectivity index (χ3v) is 10.4. The summed E-state index contributed by atoms with van der Waals surface area (Å²) >= 11 is 0. The summed E-state index contributed by atoms with van der Waals surface area (Å²) < 4.78 is 0. The highest BCUT2D eigenvalue weighted by Crippen LogP contribution is 2.46. The summed E-state index contributed by atoms with van der Waals surface area (Å²) in [6.45, 7) is 35.6. The molecule has 0 aromatic heterocycles. The molecule has 39 heavy (non-hydrogen) atoms. The van der Waals surface area contributed by atoms with Crippen LogP contribution in [0, 0.1) is 52.8 Å². The predicted molar refractivity (Wildman–Crippen MR) is 184 cm³/mol. The number of hydrogen-bond acceptors (Lipinski definition) is 0. The minimum atomic E-state index is 0.514. The summed E-state index contributed by atoms with van der Waals surface area (Å²) in [6, 6.07) is 0. The molecule has 0 saturated heterocycles. The van der Waals surface area contributed by atoms with Gasteiger partial charge in [-0.05, 0) is 111 Å². The maximum absolute atomic E-state index is 4.04. The second-order valence-corrected chi connectivity index (χ2v) is 14.6. The average Bonchev–Trinajstić information content (AvgIpc) is 3.50. The largest absolute Gasteiger partial charge is 0.100 e. The number of hydrogen-bond donors (Lipinski definition) is 0. The van der Waals surface area contributed by atoms with Gasteiger partial charge in [0.25, 0.3) is 0 Å². The molecule has 0 bridgehead atoms. The molecule has 0 heteroatoms. The van der Waals surface area contributed by atoms with E-state index in [1.807, 2.05) is 27.7 Å². The van der Waals surface area contributed by atoms with Crippen molar-refractivity contribution in [2.24, 2.45) is 52.8 Å². The van der Waals surface area contributed by atoms with Crippen LogP contribution in [-0.4, -0.2) is 0 Å². The van der Waals surface area contributed by atoms with E-state index in [0.717, 1.165) is 47.3 Å². The van der Waals surface area contributed by atoms with E-state index in [9.17, 15) is 0 Å². The van der Waals surface area contributed by atoms with Crippen molar-refractivity contribution in [2.75, 3.05) is 0 Å². The fourth-order valence-corrected chi connectivity index (χ4v) is 7.27. The molecule has 5 atom stereocenters. The molecule has 0 aromatic carbocycles. The first kappa shape index (κ1) is 40.9. The summed E-state index contributed by atoms with van der Waals surface area (Å²) in [5.74, 6) is 7.97. The zero-order valence-electron chi connectivity index (χ0n) is 30.2. The van der Waals surface area contributed by atoms with E-state index >= 15 is 0 Å². The van der Waals surface area contributed by atoms with Crippen molar-refractivity contribution < 1.29 is 0 Å². The van der Waals surface area contributed by atoms with Crippen molar-refractivity contribution in [3.8, 4) is 0 Å². The highest BCUT2D eigenvalue weighted by atomic mass is 14.4. The van der Waals surface area contributed by atoms with Gasteiger partial charge in [0.15, 0.2) is 0 Å². The second-order valence-electron chi connectivity index (χ2n) is 14.6. The first-order chi connectivity index (χ1) is 18.4. The molecule has 0 amide bonds. The minimum absolute atomic E-state index is 0.514. The average molecular weight is 549 g/mol. The van der Waals surface area contributed by atoms with Crippen LogP contribution in [0.5, 0.6) is 0 Å². The summed E-state index contributed by atoms with van der Waals surface area (Å²) in [5.41, 5.74) is 1.86. The monoisotopic (exact) mass is 549 g/mol. The summed E-state index contributed by atoms with van der Waals surface area (Å²) in [7, 11) is 0. The van der Waals surface area contributed by atoms with Crippen LogP contribution >= 0.6 is 0 Å². The van der Waals surface area contributed by atoms with Crippen LogP contribution < -0.4 is 0 Å². The van der Waals surface area contributed by atoms with Crippen molar-refractivity contribution in [2.45, 2.75) is 187 Å². The Hall–Kier alpha value is -0.260. The van der Waals surface area contributed by atoms with Crippen molar-refractivity contribution in [3.05, 3.63) is 12.2 Å². The Kier molecular flexibility index (Phi) is 24.4. The topological polar surface area (TPSA) is 0 Å². The Balaban J connectivity index is 0. The van der Waals surface area contributed by atoms with Gasteiger partial charge in [-0.3, -0.25) is 0 Å². The van der Waals surface area contributed by atoms with Crippen LogP contribution in [0.15, 0.2) is 12.2 Å². The lowest BCUT2D eigenvalue weighted by molar-refractivity contribution is 0.110. The molecule has 3 fully saturated rings. The third-order valence-electron chi connectivity index (χ3n) is 10.4. The Labute approximate surface area is 251 Å². The van der Waals surface area contributed by atoms with Gasteiger partial charge in [-0.2, -0.15) is 0 Å². The van der Waals surface area contributed by atoms with Gasteiger partial charge in [0.05, 0.1) is 0 Å². The van der Waals surface area contributed by atoms with E-state index in [1.54, 1.807) is 25.7 Å². The van der Waals surface area contributed by atoms with Gasteiger partial charge in [0, 0.05) is 0 Å². The molecule has 0 aromatic rings. The highest BCUT2D eigenvalue weighted by molar-refractivity contribution is 4.89. The van der Waals surface area contributed by atoms with Crippen LogP contribution in [-0.2, 0) is 0 Å². The van der Waals surface area contributed by atoms with Crippen LogP contribution in [0.2, 0.25) is 0 Å². The van der Waals surface area contributed by atoms with E-state index < -0.39 is 0 Å². The first-order valence-electron chi connectivity index (χ1n) is 18.0. The molecule has 3 saturated carbocycles. The Bertz CT molecular complexity index is 531. The van der Waals surface area contributed by atoms with Gasteiger partial charge in [-0.15, -0.1) is 6.58 Å². The van der Waals surface area contributed by atoms with Gasteiger partial charge < -0.3 is 0 Å². The van der Waals surface area contributed by atoms with E-state index in [2.05, 4.69) is 75.8 Å². The lowest BCUT2D eigenvalue weighted by Crippen LogP contribution is -2.29. The molecule has 236 valence electrons. The van der Waals surface area contributed by atoms with E-state index in [-0.39, 0.29) is 0 Å². The van der Waals surface area contributed by atoms with Gasteiger partial charge >= 0.3 is 0 Å². The molecule has 3 aliphatic carbocycles. The maximum Gasteiger partial charge on any atom is -0.0323 e. The smallest absolute Gasteiger partial charge is 0.0323 e. The molecule has 0 heterocycles. The number of allylic oxidation sites excluding steroid dienone is 1. The van der Waals surface area contributed by atoms with E-state index in [0.29, 0.717) is 5.41 Å². The van der Waals surface area contributed by atoms with Crippen LogP contribution in [0.25, 0.3) is 0 Å². The SMILES string of the molecule is C=C(C)CCC(C)C(C)C1CCC(C(C)(C)C)CC1.CC.CC.CC1CC2CCCC2C1.CCCC(C)CC. The van der Waals surface area contributed by atoms with Crippen molar-refractivity contribution >= 4 is 0 Å². The fraction of sp³-hybridized carbons (Fsp3) is 0.949. The summed E-state index contributed by atoms with van der Waals surface area (Å²) in [6.07, 6.45) is 20.2. The lowest BCUT2D eigenvalue weighted by atomic mass is 9.66. The zero-order valence-corrected chi connectivity index (χ0v) is 30.2. The molecule has 3 aliphatic rings. The lowest BCUT2D eigenvalue weighted by Gasteiger charge is -2.40. The summed E-state index contributed by atoms with van der Waals surface area (Å²) in [5, 5.41) is 0. The van der Waals surface area contributed by atoms with Crippen molar-refractivity contribution in [1.82, 2.24) is 0 Å². The first-order valence-corrected chi connectivity index (χ1v) is 18.0. The summed E-state index contributed by atoms with van der Waals surface area (Å²) in [4.78, 5) is 0. The van der Waals surface area contributed by atoms with Gasteiger partial charge in [-0.25, -0.2) is 0 Å². The zero-order chi connectivity index (χ0) is 30.6. The Morgan fingerprint density at radius 3 is 1.64 bits per heavy atom. The van der Waals surface area contributed by atoms with Gasteiger partial charge in [0.2, 0.25) is 0 Å². The quantitative estimate of drug-likeness (QED) is 0.264. The maximum atomic E-state index is 4.04. The molecule has 0 N–H and O–H groups in total. The molecule has 3 rings (SSSR count). The van der Waals surface area contributed by atoms with Gasteiger partial charge in [-0.1, -0.05) is 134 Å². The second kappa shape index (κ2) is 23.3. The van der Waals surface area contributed by atoms with Crippen LogP contribution in [0.3, 0.4) is 0 Å². The molecule has 5 unspecified atom stereocenters. The third kappa shape index (κ3) is 18.0. The van der Waals surface area contributed by atoms with E-state index in [1.165, 1.54) is 69.8 Å². The van der Waals surface area contributed by atoms with Crippen molar-refractivity contribution in [3.63, 3.8) is 0 Å². The van der Waals surface area contributed by atoms with E-state index in [4.69, 9.17) is 0 Å².